The molecule has 0 saturated heterocycles. The van der Waals surface area contributed by atoms with E-state index in [4.69, 9.17) is 0 Å². The summed E-state index contributed by atoms with van der Waals surface area (Å²) in [6, 6.07) is 0. The van der Waals surface area contributed by atoms with Crippen LogP contribution >= 0.6 is 23.5 Å². The van der Waals surface area contributed by atoms with Crippen LogP contribution in [0.4, 0.5) is 0 Å². The molecule has 2 N–H and O–H groups in total. The summed E-state index contributed by atoms with van der Waals surface area (Å²) >= 11 is 4.17. The summed E-state index contributed by atoms with van der Waals surface area (Å²) in [6.45, 7) is 1.62. The highest BCUT2D eigenvalue weighted by molar-refractivity contribution is 8.03. The molecule has 3 aliphatic carbocycles. The van der Waals surface area contributed by atoms with E-state index in [1.54, 1.807) is 0 Å². The smallest absolute Gasteiger partial charge is 0.223 e. The average Bonchev–Trinajstić information content (AvgIpc) is 3.02. The monoisotopic (exact) mass is 608 g/mol. The van der Waals surface area contributed by atoms with Gasteiger partial charge < -0.3 is 10.6 Å². The maximum absolute atomic E-state index is 13.1. The lowest BCUT2D eigenvalue weighted by Gasteiger charge is -2.31. The second-order valence-electron chi connectivity index (χ2n) is 13.2. The van der Waals surface area contributed by atoms with Crippen LogP contribution in [-0.4, -0.2) is 46.9 Å². The van der Waals surface area contributed by atoms with Gasteiger partial charge in [0.25, 0.3) is 0 Å². The summed E-state index contributed by atoms with van der Waals surface area (Å²) in [5.41, 5.74) is 0. The summed E-state index contributed by atoms with van der Waals surface area (Å²) in [7, 11) is 0. The maximum Gasteiger partial charge on any atom is 0.223 e. The predicted molar refractivity (Wildman–Crippen MR) is 181 cm³/mol. The van der Waals surface area contributed by atoms with E-state index in [1.165, 1.54) is 135 Å². The predicted octanol–water partition coefficient (Wildman–Crippen LogP) is 9.45. The number of thioether (sulfide) groups is 2. The van der Waals surface area contributed by atoms with Gasteiger partial charge in [-0.05, 0) is 38.5 Å². The van der Waals surface area contributed by atoms with Crippen molar-refractivity contribution >= 4 is 35.3 Å². The highest BCUT2D eigenvalue weighted by Crippen LogP contribution is 2.36. The van der Waals surface area contributed by atoms with Gasteiger partial charge in [-0.1, -0.05) is 122 Å². The molecule has 6 heteroatoms. The molecule has 0 heterocycles. The van der Waals surface area contributed by atoms with Gasteiger partial charge in [0.1, 0.15) is 0 Å². The second-order valence-corrected chi connectivity index (χ2v) is 15.9. The molecule has 2 amide bonds. The highest BCUT2D eigenvalue weighted by atomic mass is 32.2. The van der Waals surface area contributed by atoms with Gasteiger partial charge in [-0.25, -0.2) is 0 Å². The van der Waals surface area contributed by atoms with Gasteiger partial charge >= 0.3 is 0 Å². The largest absolute Gasteiger partial charge is 0.355 e. The average molecular weight is 609 g/mol. The van der Waals surface area contributed by atoms with Gasteiger partial charge in [0.05, 0.1) is 0 Å². The molecular weight excluding hydrogens is 545 g/mol. The van der Waals surface area contributed by atoms with E-state index in [2.05, 4.69) is 34.2 Å². The van der Waals surface area contributed by atoms with Gasteiger partial charge in [-0.15, -0.1) is 0 Å². The van der Waals surface area contributed by atoms with E-state index in [9.17, 15) is 9.59 Å². The summed E-state index contributed by atoms with van der Waals surface area (Å²) in [5, 5.41) is 8.00. The van der Waals surface area contributed by atoms with Gasteiger partial charge in [0.15, 0.2) is 0 Å². The molecule has 3 rings (SSSR count). The van der Waals surface area contributed by atoms with Crippen molar-refractivity contribution in [2.24, 2.45) is 11.8 Å². The molecule has 2 atom stereocenters. The molecule has 0 spiro atoms. The fraction of sp³-hybridized carbons (Fsp3) is 0.943. The Morgan fingerprint density at radius 2 is 0.683 bits per heavy atom. The van der Waals surface area contributed by atoms with Crippen LogP contribution < -0.4 is 10.6 Å². The molecular formula is C35H64N2O2S2. The Morgan fingerprint density at radius 3 is 1.00 bits per heavy atom. The molecule has 2 unspecified atom stereocenters. The molecule has 0 aliphatic heterocycles. The minimum absolute atomic E-state index is 0.227. The Hall–Kier alpha value is -0.360. The van der Waals surface area contributed by atoms with E-state index in [-0.39, 0.29) is 11.8 Å². The number of rotatable bonds is 10. The van der Waals surface area contributed by atoms with Gasteiger partial charge in [-0.2, -0.15) is 23.5 Å². The molecule has 3 saturated carbocycles. The Bertz CT molecular complexity index is 667. The zero-order chi connectivity index (χ0) is 28.8. The normalized spacial score (nSPS) is 25.7. The zero-order valence-corrected chi connectivity index (χ0v) is 28.1. The minimum atomic E-state index is 0.227. The summed E-state index contributed by atoms with van der Waals surface area (Å²) in [4.78, 5) is 25.9. The molecule has 3 aliphatic rings. The maximum atomic E-state index is 13.1. The quantitative estimate of drug-likeness (QED) is 0.243. The molecule has 238 valence electrons. The first kappa shape index (κ1) is 35.1. The van der Waals surface area contributed by atoms with Crippen molar-refractivity contribution < 1.29 is 9.59 Å². The molecule has 0 aromatic heterocycles. The van der Waals surface area contributed by atoms with Crippen LogP contribution in [0.2, 0.25) is 0 Å². The summed E-state index contributed by atoms with van der Waals surface area (Å²) < 4.78 is 0. The van der Waals surface area contributed by atoms with Crippen LogP contribution in [-0.2, 0) is 9.59 Å². The Kier molecular flexibility index (Phi) is 19.8. The van der Waals surface area contributed by atoms with E-state index in [1.807, 2.05) is 0 Å². The van der Waals surface area contributed by atoms with Crippen LogP contribution in [0.25, 0.3) is 0 Å². The Labute approximate surface area is 262 Å². The van der Waals surface area contributed by atoms with Crippen LogP contribution in [0.15, 0.2) is 0 Å². The lowest BCUT2D eigenvalue weighted by Crippen LogP contribution is -2.34. The van der Waals surface area contributed by atoms with E-state index >= 15 is 0 Å². The van der Waals surface area contributed by atoms with Crippen molar-refractivity contribution in [1.29, 1.82) is 0 Å². The number of carbonyl (C=O) groups excluding carboxylic acids is 2. The molecule has 3 fully saturated rings. The number of nitrogens with one attached hydrogen (secondary N) is 2. The SMILES string of the molecule is O=C(NCCSC1CCCCC1SCCNC(=O)C1CCCCCCCCC1)C1CCCCCCCCCCCC1. The lowest BCUT2D eigenvalue weighted by atomic mass is 9.91. The lowest BCUT2D eigenvalue weighted by molar-refractivity contribution is -0.126. The van der Waals surface area contributed by atoms with Crippen molar-refractivity contribution in [3.05, 3.63) is 0 Å². The standard InChI is InChI=1S/C35H64N2O2S2/c38-34(30-20-14-10-6-3-1-2-4-7-11-15-21-30)36-26-28-40-32-24-18-19-25-33(32)41-29-27-37-35(39)31-22-16-12-8-5-9-13-17-23-31/h30-33H,1-29H2,(H,36,38)(H,37,39). The first-order valence-electron chi connectivity index (χ1n) is 18.0. The summed E-state index contributed by atoms with van der Waals surface area (Å²) in [5.74, 6) is 3.15. The fourth-order valence-electron chi connectivity index (χ4n) is 7.18. The van der Waals surface area contributed by atoms with Crippen molar-refractivity contribution in [2.45, 2.75) is 171 Å². The third-order valence-electron chi connectivity index (χ3n) is 9.81. The Balaban J connectivity index is 1.30. The van der Waals surface area contributed by atoms with Gasteiger partial charge in [-0.3, -0.25) is 9.59 Å². The van der Waals surface area contributed by atoms with Gasteiger partial charge in [0, 0.05) is 46.9 Å². The van der Waals surface area contributed by atoms with E-state index in [0.29, 0.717) is 22.3 Å². The van der Waals surface area contributed by atoms with Crippen molar-refractivity contribution in [3.8, 4) is 0 Å². The molecule has 0 aromatic carbocycles. The zero-order valence-electron chi connectivity index (χ0n) is 26.4. The van der Waals surface area contributed by atoms with Crippen LogP contribution in [0, 0.1) is 11.8 Å². The Morgan fingerprint density at radius 1 is 0.415 bits per heavy atom. The fourth-order valence-corrected chi connectivity index (χ4v) is 10.1. The van der Waals surface area contributed by atoms with Crippen molar-refractivity contribution in [1.82, 2.24) is 10.6 Å². The minimum Gasteiger partial charge on any atom is -0.355 e. The second kappa shape index (κ2) is 23.1. The number of hydrogen-bond donors (Lipinski definition) is 2. The van der Waals surface area contributed by atoms with Crippen LogP contribution in [0.5, 0.6) is 0 Å². The number of carbonyl (C=O) groups is 2. The van der Waals surface area contributed by atoms with E-state index < -0.39 is 0 Å². The third kappa shape index (κ3) is 15.8. The van der Waals surface area contributed by atoms with Crippen LogP contribution in [0.1, 0.15) is 161 Å². The topological polar surface area (TPSA) is 58.2 Å². The number of amides is 2. The molecule has 4 nitrogen and oxygen atoms in total. The van der Waals surface area contributed by atoms with Crippen LogP contribution in [0.3, 0.4) is 0 Å². The first-order valence-corrected chi connectivity index (χ1v) is 20.1. The first-order chi connectivity index (χ1) is 20.2. The third-order valence-corrected chi connectivity index (χ3v) is 12.8. The van der Waals surface area contributed by atoms with Crippen molar-refractivity contribution in [3.63, 3.8) is 0 Å². The molecule has 41 heavy (non-hydrogen) atoms. The van der Waals surface area contributed by atoms with Crippen molar-refractivity contribution in [2.75, 3.05) is 24.6 Å². The van der Waals surface area contributed by atoms with E-state index in [0.717, 1.165) is 50.3 Å². The molecule has 0 bridgehead atoms. The number of hydrogen-bond acceptors (Lipinski definition) is 4. The molecule has 0 aromatic rings. The van der Waals surface area contributed by atoms with Gasteiger partial charge in [0.2, 0.25) is 11.8 Å². The summed E-state index contributed by atoms with van der Waals surface area (Å²) in [6.07, 6.45) is 32.0. The highest BCUT2D eigenvalue weighted by Gasteiger charge is 2.26. The molecule has 0 radical (unpaired) electrons.